The molecule has 2 heteroatoms. The van der Waals surface area contributed by atoms with Gasteiger partial charge < -0.3 is 5.11 Å². The molecule has 2 nitrogen and oxygen atoms in total. The Morgan fingerprint density at radius 2 is 1.45 bits per heavy atom. The van der Waals surface area contributed by atoms with Crippen molar-refractivity contribution in [1.82, 2.24) is 0 Å². The number of carboxylic acid groups (broad SMARTS) is 1. The zero-order chi connectivity index (χ0) is 20.3. The third-order valence-electron chi connectivity index (χ3n) is 6.82. The van der Waals surface area contributed by atoms with E-state index in [-0.39, 0.29) is 5.41 Å². The highest BCUT2D eigenvalue weighted by molar-refractivity contribution is 6.12. The van der Waals surface area contributed by atoms with E-state index in [1.165, 1.54) is 71.2 Å². The second kappa shape index (κ2) is 8.57. The fourth-order valence-corrected chi connectivity index (χ4v) is 5.30. The first-order valence-corrected chi connectivity index (χ1v) is 11.2. The Kier molecular flexibility index (Phi) is 5.89. The van der Waals surface area contributed by atoms with Crippen LogP contribution in [0.3, 0.4) is 0 Å². The van der Waals surface area contributed by atoms with Gasteiger partial charge in [0.05, 0.1) is 0 Å². The number of carbonyl (C=O) groups is 1. The van der Waals surface area contributed by atoms with Gasteiger partial charge in [-0.25, -0.2) is 0 Å². The van der Waals surface area contributed by atoms with Gasteiger partial charge in [0, 0.05) is 6.42 Å². The third kappa shape index (κ3) is 4.17. The van der Waals surface area contributed by atoms with Gasteiger partial charge in [-0.1, -0.05) is 94.0 Å². The molecule has 3 aromatic rings. The first kappa shape index (κ1) is 19.9. The van der Waals surface area contributed by atoms with E-state index in [9.17, 15) is 4.79 Å². The lowest BCUT2D eigenvalue weighted by Crippen LogP contribution is -2.28. The molecule has 152 valence electrons. The smallest absolute Gasteiger partial charge is 0.303 e. The SMILES string of the molecule is CC1(CCCCCCCCCC(=O)O)Cc2cccc3ccc4cccc1c4c23. The molecule has 0 radical (unpaired) electrons. The molecule has 1 aliphatic carbocycles. The summed E-state index contributed by atoms with van der Waals surface area (Å²) in [4.78, 5) is 10.6. The van der Waals surface area contributed by atoms with E-state index in [2.05, 4.69) is 55.5 Å². The molecule has 0 saturated heterocycles. The molecule has 0 aromatic heterocycles. The van der Waals surface area contributed by atoms with Crippen LogP contribution in [0.1, 0.15) is 75.8 Å². The van der Waals surface area contributed by atoms with E-state index in [1.807, 2.05) is 0 Å². The summed E-state index contributed by atoms with van der Waals surface area (Å²) in [5, 5.41) is 14.4. The van der Waals surface area contributed by atoms with E-state index < -0.39 is 5.97 Å². The van der Waals surface area contributed by atoms with Crippen molar-refractivity contribution in [3.8, 4) is 0 Å². The van der Waals surface area contributed by atoms with Crippen LogP contribution in [0.2, 0.25) is 0 Å². The highest BCUT2D eigenvalue weighted by Gasteiger charge is 2.33. The van der Waals surface area contributed by atoms with Gasteiger partial charge in [-0.05, 0) is 57.3 Å². The molecule has 0 amide bonds. The zero-order valence-electron chi connectivity index (χ0n) is 17.5. The molecule has 0 aliphatic heterocycles. The molecule has 0 spiro atoms. The summed E-state index contributed by atoms with van der Waals surface area (Å²) in [5.74, 6) is -0.669. The Morgan fingerprint density at radius 3 is 2.17 bits per heavy atom. The van der Waals surface area contributed by atoms with Crippen molar-refractivity contribution in [2.45, 2.75) is 76.5 Å². The van der Waals surface area contributed by atoms with E-state index in [4.69, 9.17) is 5.11 Å². The molecule has 29 heavy (non-hydrogen) atoms. The number of aliphatic carboxylic acids is 1. The van der Waals surface area contributed by atoms with E-state index >= 15 is 0 Å². The van der Waals surface area contributed by atoms with Crippen LogP contribution in [0.15, 0.2) is 48.5 Å². The van der Waals surface area contributed by atoms with Crippen LogP contribution in [0.4, 0.5) is 0 Å². The van der Waals surface area contributed by atoms with Crippen molar-refractivity contribution in [2.75, 3.05) is 0 Å². The summed E-state index contributed by atoms with van der Waals surface area (Å²) in [5.41, 5.74) is 3.25. The van der Waals surface area contributed by atoms with Crippen molar-refractivity contribution in [3.05, 3.63) is 59.7 Å². The van der Waals surface area contributed by atoms with Crippen LogP contribution in [0, 0.1) is 0 Å². The van der Waals surface area contributed by atoms with Gasteiger partial charge in [0.25, 0.3) is 0 Å². The predicted molar refractivity (Wildman–Crippen MR) is 122 cm³/mol. The van der Waals surface area contributed by atoms with Gasteiger partial charge in [-0.3, -0.25) is 4.79 Å². The summed E-state index contributed by atoms with van der Waals surface area (Å²) in [6, 6.07) is 18.2. The number of rotatable bonds is 10. The van der Waals surface area contributed by atoms with Gasteiger partial charge in [-0.2, -0.15) is 0 Å². The molecule has 1 aliphatic rings. The quantitative estimate of drug-likeness (QED) is 0.290. The Labute approximate surface area is 173 Å². The maximum Gasteiger partial charge on any atom is 0.303 e. The average Bonchev–Trinajstić information content (AvgIpc) is 2.71. The molecular weight excluding hydrogens is 356 g/mol. The molecule has 3 aromatic carbocycles. The highest BCUT2D eigenvalue weighted by Crippen LogP contribution is 2.45. The van der Waals surface area contributed by atoms with Gasteiger partial charge >= 0.3 is 5.97 Å². The van der Waals surface area contributed by atoms with Crippen LogP contribution >= 0.6 is 0 Å². The van der Waals surface area contributed by atoms with Crippen LogP contribution in [0.5, 0.6) is 0 Å². The third-order valence-corrected chi connectivity index (χ3v) is 6.82. The lowest BCUT2D eigenvalue weighted by molar-refractivity contribution is -0.137. The number of hydrogen-bond donors (Lipinski definition) is 1. The van der Waals surface area contributed by atoms with Crippen LogP contribution in [0.25, 0.3) is 21.5 Å². The molecule has 0 saturated carbocycles. The fourth-order valence-electron chi connectivity index (χ4n) is 5.30. The number of hydrogen-bond acceptors (Lipinski definition) is 1. The number of benzene rings is 3. The van der Waals surface area contributed by atoms with Gasteiger partial charge in [0.15, 0.2) is 0 Å². The molecule has 1 unspecified atom stereocenters. The molecular formula is C27H32O2. The molecule has 0 fully saturated rings. The Hall–Kier alpha value is -2.35. The molecule has 1 atom stereocenters. The minimum absolute atomic E-state index is 0.212. The van der Waals surface area contributed by atoms with Crippen molar-refractivity contribution in [2.24, 2.45) is 0 Å². The predicted octanol–water partition coefficient (Wildman–Crippen LogP) is 7.40. The van der Waals surface area contributed by atoms with Crippen molar-refractivity contribution >= 4 is 27.5 Å². The van der Waals surface area contributed by atoms with Gasteiger partial charge in [-0.15, -0.1) is 0 Å². The maximum absolute atomic E-state index is 10.6. The Bertz CT molecular complexity index is 1020. The summed E-state index contributed by atoms with van der Waals surface area (Å²) in [6.45, 7) is 2.46. The van der Waals surface area contributed by atoms with Crippen molar-refractivity contribution < 1.29 is 9.90 Å². The topological polar surface area (TPSA) is 37.3 Å². The Balaban J connectivity index is 1.40. The van der Waals surface area contributed by atoms with Crippen LogP contribution in [-0.2, 0) is 16.6 Å². The second-order valence-electron chi connectivity index (χ2n) is 9.09. The summed E-state index contributed by atoms with van der Waals surface area (Å²) in [6.07, 6.45) is 10.8. The average molecular weight is 389 g/mol. The van der Waals surface area contributed by atoms with E-state index in [1.54, 1.807) is 0 Å². The molecule has 4 rings (SSSR count). The minimum Gasteiger partial charge on any atom is -0.481 e. The number of unbranched alkanes of at least 4 members (excludes halogenated alkanes) is 6. The summed E-state index contributed by atoms with van der Waals surface area (Å²) < 4.78 is 0. The van der Waals surface area contributed by atoms with Crippen molar-refractivity contribution in [3.63, 3.8) is 0 Å². The number of carboxylic acids is 1. The molecule has 0 heterocycles. The zero-order valence-corrected chi connectivity index (χ0v) is 17.5. The highest BCUT2D eigenvalue weighted by atomic mass is 16.4. The molecule has 0 bridgehead atoms. The summed E-state index contributed by atoms with van der Waals surface area (Å²) in [7, 11) is 0. The summed E-state index contributed by atoms with van der Waals surface area (Å²) >= 11 is 0. The van der Waals surface area contributed by atoms with E-state index in [0.717, 1.165) is 19.3 Å². The second-order valence-corrected chi connectivity index (χ2v) is 9.09. The van der Waals surface area contributed by atoms with Crippen LogP contribution in [-0.4, -0.2) is 11.1 Å². The van der Waals surface area contributed by atoms with E-state index in [0.29, 0.717) is 6.42 Å². The molecule has 1 N–H and O–H groups in total. The van der Waals surface area contributed by atoms with Gasteiger partial charge in [0.2, 0.25) is 0 Å². The van der Waals surface area contributed by atoms with Crippen molar-refractivity contribution in [1.29, 1.82) is 0 Å². The minimum atomic E-state index is -0.669. The van der Waals surface area contributed by atoms with Crippen LogP contribution < -0.4 is 0 Å². The normalized spacial score (nSPS) is 18.0. The monoisotopic (exact) mass is 388 g/mol. The first-order chi connectivity index (χ1) is 14.1. The largest absolute Gasteiger partial charge is 0.481 e. The fraction of sp³-hybridized carbons (Fsp3) is 0.444. The maximum atomic E-state index is 10.6. The standard InChI is InChI=1S/C27H32O2/c1-27(18-8-6-4-2-3-5-7-15-24(28)29)19-22-13-9-11-20-16-17-21-12-10-14-23(27)26(21)25(20)22/h9-14,16-17H,2-8,15,18-19H2,1H3,(H,28,29). The van der Waals surface area contributed by atoms with Gasteiger partial charge in [0.1, 0.15) is 0 Å². The lowest BCUT2D eigenvalue weighted by Gasteiger charge is -2.36. The lowest BCUT2D eigenvalue weighted by atomic mass is 9.67. The Morgan fingerprint density at radius 1 is 0.828 bits per heavy atom. The first-order valence-electron chi connectivity index (χ1n) is 11.2.